The van der Waals surface area contributed by atoms with Gasteiger partial charge in [-0.25, -0.2) is 5.43 Å². The van der Waals surface area contributed by atoms with Crippen molar-refractivity contribution in [2.75, 3.05) is 6.61 Å². The Balaban J connectivity index is 1.69. The van der Waals surface area contributed by atoms with Crippen molar-refractivity contribution < 1.29 is 13.9 Å². The lowest BCUT2D eigenvalue weighted by molar-refractivity contribution is -0.121. The maximum atomic E-state index is 11.7. The fourth-order valence-corrected chi connectivity index (χ4v) is 1.93. The number of hydrogen-bond donors (Lipinski definition) is 1. The van der Waals surface area contributed by atoms with Crippen LogP contribution in [0.5, 0.6) is 5.75 Å². The summed E-state index contributed by atoms with van der Waals surface area (Å²) in [5, 5.41) is 3.84. The van der Waals surface area contributed by atoms with E-state index in [0.717, 1.165) is 30.8 Å². The summed E-state index contributed by atoms with van der Waals surface area (Å²) in [6.45, 7) is 2.88. The van der Waals surface area contributed by atoms with Crippen LogP contribution in [-0.4, -0.2) is 18.7 Å². The number of amides is 1. The zero-order chi connectivity index (χ0) is 16.3. The maximum Gasteiger partial charge on any atom is 0.240 e. The highest BCUT2D eigenvalue weighted by Gasteiger charge is 2.02. The smallest absolute Gasteiger partial charge is 0.240 e. The number of ether oxygens (including phenoxy) is 1. The summed E-state index contributed by atoms with van der Waals surface area (Å²) < 4.78 is 10.7. The average molecular weight is 314 g/mol. The van der Waals surface area contributed by atoms with Crippen LogP contribution in [0.3, 0.4) is 0 Å². The predicted octanol–water partition coefficient (Wildman–Crippen LogP) is 3.54. The minimum absolute atomic E-state index is 0.129. The molecule has 0 aliphatic rings. The molecule has 0 spiro atoms. The molecule has 0 saturated carbocycles. The second kappa shape index (κ2) is 9.46. The first kappa shape index (κ1) is 16.8. The Kier molecular flexibility index (Phi) is 6.91. The van der Waals surface area contributed by atoms with Crippen LogP contribution in [0.4, 0.5) is 0 Å². The molecule has 5 heteroatoms. The summed E-state index contributed by atoms with van der Waals surface area (Å²) in [6.07, 6.45) is 6.25. The van der Waals surface area contributed by atoms with Gasteiger partial charge in [0.25, 0.3) is 0 Å². The molecule has 2 rings (SSSR count). The zero-order valence-electron chi connectivity index (χ0n) is 13.3. The van der Waals surface area contributed by atoms with Crippen molar-refractivity contribution in [2.45, 2.75) is 32.6 Å². The number of rotatable bonds is 9. The highest BCUT2D eigenvalue weighted by atomic mass is 16.5. The normalized spacial score (nSPS) is 10.8. The molecule has 0 aliphatic heterocycles. The second-order valence-electron chi connectivity index (χ2n) is 5.15. The minimum atomic E-state index is -0.129. The lowest BCUT2D eigenvalue weighted by atomic mass is 10.1. The lowest BCUT2D eigenvalue weighted by Crippen LogP contribution is -2.17. The maximum absolute atomic E-state index is 11.7. The van der Waals surface area contributed by atoms with E-state index >= 15 is 0 Å². The standard InChI is InChI=1S/C18H22N2O3/c1-2-3-12-22-16-9-6-15(7-10-16)8-11-18(21)20-19-14-17-5-4-13-23-17/h4-7,9-10,13-14H,2-3,8,11-12H2,1H3,(H,20,21). The van der Waals surface area contributed by atoms with Gasteiger partial charge in [-0.15, -0.1) is 0 Å². The van der Waals surface area contributed by atoms with E-state index in [4.69, 9.17) is 9.15 Å². The van der Waals surface area contributed by atoms with Gasteiger partial charge in [0, 0.05) is 6.42 Å². The van der Waals surface area contributed by atoms with Crippen LogP contribution in [0.15, 0.2) is 52.2 Å². The number of hydrazone groups is 1. The van der Waals surface area contributed by atoms with Crippen molar-refractivity contribution in [3.63, 3.8) is 0 Å². The highest BCUT2D eigenvalue weighted by Crippen LogP contribution is 2.13. The molecule has 1 N–H and O–H groups in total. The van der Waals surface area contributed by atoms with Gasteiger partial charge in [0.15, 0.2) is 0 Å². The molecular formula is C18H22N2O3. The number of carbonyl (C=O) groups is 1. The third-order valence-electron chi connectivity index (χ3n) is 3.25. The van der Waals surface area contributed by atoms with E-state index in [1.54, 1.807) is 18.4 Å². The number of benzene rings is 1. The molecule has 0 fully saturated rings. The van der Waals surface area contributed by atoms with Gasteiger partial charge in [-0.05, 0) is 42.7 Å². The fraction of sp³-hybridized carbons (Fsp3) is 0.333. The van der Waals surface area contributed by atoms with Gasteiger partial charge < -0.3 is 9.15 Å². The van der Waals surface area contributed by atoms with Crippen LogP contribution in [0.2, 0.25) is 0 Å². The molecule has 0 aliphatic carbocycles. The molecule has 0 saturated heterocycles. The largest absolute Gasteiger partial charge is 0.494 e. The zero-order valence-corrected chi connectivity index (χ0v) is 13.3. The molecule has 1 amide bonds. The van der Waals surface area contributed by atoms with Crippen LogP contribution in [-0.2, 0) is 11.2 Å². The van der Waals surface area contributed by atoms with Crippen molar-refractivity contribution in [1.82, 2.24) is 5.43 Å². The summed E-state index contributed by atoms with van der Waals surface area (Å²) in [6, 6.07) is 11.4. The number of nitrogens with zero attached hydrogens (tertiary/aromatic N) is 1. The minimum Gasteiger partial charge on any atom is -0.494 e. The van der Waals surface area contributed by atoms with E-state index in [-0.39, 0.29) is 5.91 Å². The van der Waals surface area contributed by atoms with Crippen LogP contribution < -0.4 is 10.2 Å². The fourth-order valence-electron chi connectivity index (χ4n) is 1.93. The molecule has 0 bridgehead atoms. The highest BCUT2D eigenvalue weighted by molar-refractivity contribution is 5.80. The molecule has 0 radical (unpaired) electrons. The van der Waals surface area contributed by atoms with E-state index in [9.17, 15) is 4.79 Å². The summed E-state index contributed by atoms with van der Waals surface area (Å²) in [5.74, 6) is 1.34. The van der Waals surface area contributed by atoms with Crippen molar-refractivity contribution in [3.8, 4) is 5.75 Å². The topological polar surface area (TPSA) is 63.8 Å². The Labute approximate surface area is 136 Å². The third kappa shape index (κ3) is 6.38. The van der Waals surface area contributed by atoms with Gasteiger partial charge >= 0.3 is 0 Å². The van der Waals surface area contributed by atoms with Gasteiger partial charge in [0.2, 0.25) is 5.91 Å². The van der Waals surface area contributed by atoms with Gasteiger partial charge in [-0.3, -0.25) is 4.79 Å². The van der Waals surface area contributed by atoms with Crippen molar-refractivity contribution in [3.05, 3.63) is 54.0 Å². The average Bonchev–Trinajstić information content (AvgIpc) is 3.08. The first-order valence-corrected chi connectivity index (χ1v) is 7.85. The molecule has 122 valence electrons. The molecular weight excluding hydrogens is 292 g/mol. The van der Waals surface area contributed by atoms with Crippen molar-refractivity contribution in [2.24, 2.45) is 5.10 Å². The van der Waals surface area contributed by atoms with Crippen LogP contribution in [0.1, 0.15) is 37.5 Å². The van der Waals surface area contributed by atoms with Crippen molar-refractivity contribution >= 4 is 12.1 Å². The molecule has 0 atom stereocenters. The van der Waals surface area contributed by atoms with Gasteiger partial charge in [-0.2, -0.15) is 5.10 Å². The monoisotopic (exact) mass is 314 g/mol. The lowest BCUT2D eigenvalue weighted by Gasteiger charge is -2.06. The second-order valence-corrected chi connectivity index (χ2v) is 5.15. The summed E-state index contributed by atoms with van der Waals surface area (Å²) >= 11 is 0. The Hall–Kier alpha value is -2.56. The van der Waals surface area contributed by atoms with E-state index < -0.39 is 0 Å². The predicted molar refractivity (Wildman–Crippen MR) is 89.6 cm³/mol. The first-order chi connectivity index (χ1) is 11.3. The molecule has 0 unspecified atom stereocenters. The molecule has 1 aromatic carbocycles. The third-order valence-corrected chi connectivity index (χ3v) is 3.25. The van der Waals surface area contributed by atoms with Gasteiger partial charge in [0.1, 0.15) is 11.5 Å². The number of hydrogen-bond acceptors (Lipinski definition) is 4. The van der Waals surface area contributed by atoms with Crippen molar-refractivity contribution in [1.29, 1.82) is 0 Å². The summed E-state index contributed by atoms with van der Waals surface area (Å²) in [4.78, 5) is 11.7. The number of aryl methyl sites for hydroxylation is 1. The number of furan rings is 1. The molecule has 5 nitrogen and oxygen atoms in total. The first-order valence-electron chi connectivity index (χ1n) is 7.85. The number of carbonyl (C=O) groups excluding carboxylic acids is 1. The van der Waals surface area contributed by atoms with Crippen LogP contribution >= 0.6 is 0 Å². The molecule has 23 heavy (non-hydrogen) atoms. The summed E-state index contributed by atoms with van der Waals surface area (Å²) in [7, 11) is 0. The molecule has 2 aromatic rings. The Morgan fingerprint density at radius 2 is 2.13 bits per heavy atom. The number of unbranched alkanes of at least 4 members (excludes halogenated alkanes) is 1. The Morgan fingerprint density at radius 1 is 1.30 bits per heavy atom. The van der Waals surface area contributed by atoms with E-state index in [1.165, 1.54) is 6.21 Å². The SMILES string of the molecule is CCCCOc1ccc(CCC(=O)NN=Cc2ccco2)cc1. The number of nitrogens with one attached hydrogen (secondary N) is 1. The van der Waals surface area contributed by atoms with Gasteiger partial charge in [-0.1, -0.05) is 25.5 Å². The van der Waals surface area contributed by atoms with E-state index in [1.807, 2.05) is 24.3 Å². The quantitative estimate of drug-likeness (QED) is 0.437. The van der Waals surface area contributed by atoms with E-state index in [0.29, 0.717) is 18.6 Å². The molecule has 1 heterocycles. The molecule has 1 aromatic heterocycles. The Bertz CT molecular complexity index is 604. The van der Waals surface area contributed by atoms with Crippen LogP contribution in [0, 0.1) is 0 Å². The van der Waals surface area contributed by atoms with E-state index in [2.05, 4.69) is 17.5 Å². The van der Waals surface area contributed by atoms with Crippen LogP contribution in [0.25, 0.3) is 0 Å². The summed E-state index contributed by atoms with van der Waals surface area (Å²) in [5.41, 5.74) is 3.58. The Morgan fingerprint density at radius 3 is 2.83 bits per heavy atom. The van der Waals surface area contributed by atoms with Gasteiger partial charge in [0.05, 0.1) is 19.1 Å².